The number of carbonyl (C=O) groups is 1. The number of amides is 1. The fourth-order valence-corrected chi connectivity index (χ4v) is 4.18. The van der Waals surface area contributed by atoms with Crippen LogP contribution in [0.1, 0.15) is 29.4 Å². The third kappa shape index (κ3) is 3.19. The van der Waals surface area contributed by atoms with Crippen LogP contribution in [0.2, 0.25) is 0 Å². The highest BCUT2D eigenvalue weighted by molar-refractivity contribution is 8.00. The quantitative estimate of drug-likeness (QED) is 0.666. The average Bonchev–Trinajstić information content (AvgIpc) is 3.03. The van der Waals surface area contributed by atoms with E-state index < -0.39 is 0 Å². The Morgan fingerprint density at radius 1 is 1.19 bits per heavy atom. The first-order chi connectivity index (χ1) is 12.5. The van der Waals surface area contributed by atoms with Gasteiger partial charge in [-0.1, -0.05) is 36.0 Å². The summed E-state index contributed by atoms with van der Waals surface area (Å²) in [6, 6.07) is 10.3. The molecule has 0 aliphatic carbocycles. The van der Waals surface area contributed by atoms with Crippen LogP contribution in [0, 0.1) is 13.8 Å². The molecule has 0 radical (unpaired) electrons. The minimum Gasteiger partial charge on any atom is -0.337 e. The van der Waals surface area contributed by atoms with Gasteiger partial charge in [0.1, 0.15) is 0 Å². The smallest absolute Gasteiger partial charge is 0.253 e. The molecule has 1 aliphatic rings. The van der Waals surface area contributed by atoms with Crippen molar-refractivity contribution in [3.8, 4) is 0 Å². The van der Waals surface area contributed by atoms with Crippen LogP contribution in [0.4, 0.5) is 0 Å². The molecule has 0 unspecified atom stereocenters. The number of rotatable bonds is 3. The number of hydrogen-bond donors (Lipinski definition) is 0. The summed E-state index contributed by atoms with van der Waals surface area (Å²) in [6.45, 7) is 7.28. The van der Waals surface area contributed by atoms with Crippen LogP contribution in [0.3, 0.4) is 0 Å². The largest absolute Gasteiger partial charge is 0.337 e. The van der Waals surface area contributed by atoms with Crippen molar-refractivity contribution in [2.24, 2.45) is 0 Å². The molecule has 0 fully saturated rings. The topological polar surface area (TPSA) is 63.4 Å². The van der Waals surface area contributed by atoms with Crippen molar-refractivity contribution >= 4 is 23.4 Å². The Kier molecular flexibility index (Phi) is 4.40. The van der Waals surface area contributed by atoms with Crippen molar-refractivity contribution in [1.82, 2.24) is 24.5 Å². The van der Waals surface area contributed by atoms with Crippen molar-refractivity contribution in [1.29, 1.82) is 0 Å². The number of aryl methyl sites for hydroxylation is 2. The van der Waals surface area contributed by atoms with E-state index in [-0.39, 0.29) is 11.2 Å². The lowest BCUT2D eigenvalue weighted by Crippen LogP contribution is -2.40. The van der Waals surface area contributed by atoms with E-state index in [0.717, 1.165) is 24.4 Å². The van der Waals surface area contributed by atoms with Gasteiger partial charge in [-0.3, -0.25) is 4.79 Å². The second-order valence-corrected chi connectivity index (χ2v) is 7.99. The number of nitrogens with zero attached hydrogens (tertiary/aromatic N) is 5. The van der Waals surface area contributed by atoms with E-state index in [1.165, 1.54) is 22.9 Å². The van der Waals surface area contributed by atoms with Gasteiger partial charge in [0.05, 0.1) is 5.25 Å². The van der Waals surface area contributed by atoms with Crippen LogP contribution >= 0.6 is 11.8 Å². The molecule has 6 nitrogen and oxygen atoms in total. The Morgan fingerprint density at radius 2 is 1.96 bits per heavy atom. The highest BCUT2D eigenvalue weighted by atomic mass is 32.2. The molecule has 7 heteroatoms. The maximum absolute atomic E-state index is 12.9. The van der Waals surface area contributed by atoms with Gasteiger partial charge in [0.15, 0.2) is 0 Å². The first-order valence-electron chi connectivity index (χ1n) is 8.74. The molecule has 1 aliphatic heterocycles. The van der Waals surface area contributed by atoms with Gasteiger partial charge in [0.25, 0.3) is 5.78 Å². The summed E-state index contributed by atoms with van der Waals surface area (Å²) in [7, 11) is 0. The molecule has 0 N–H and O–H groups in total. The molecule has 3 heterocycles. The summed E-state index contributed by atoms with van der Waals surface area (Å²) in [5, 5.41) is 4.84. The first kappa shape index (κ1) is 17.0. The molecule has 134 valence electrons. The average molecular weight is 367 g/mol. The van der Waals surface area contributed by atoms with Crippen molar-refractivity contribution in [3.63, 3.8) is 0 Å². The summed E-state index contributed by atoms with van der Waals surface area (Å²) in [5.74, 6) is 0.709. The molecular formula is C19H21N5OS. The van der Waals surface area contributed by atoms with E-state index in [0.29, 0.717) is 17.5 Å². The normalized spacial score (nSPS) is 15.1. The summed E-state index contributed by atoms with van der Waals surface area (Å²) >= 11 is 1.39. The first-order valence-corrected chi connectivity index (χ1v) is 9.62. The highest BCUT2D eigenvalue weighted by Crippen LogP contribution is 2.25. The van der Waals surface area contributed by atoms with Gasteiger partial charge in [-0.2, -0.15) is 4.98 Å². The van der Waals surface area contributed by atoms with Crippen molar-refractivity contribution < 1.29 is 4.79 Å². The molecule has 3 aromatic rings. The Labute approximate surface area is 156 Å². The van der Waals surface area contributed by atoms with Crippen molar-refractivity contribution in [2.75, 3.05) is 6.54 Å². The molecular weight excluding hydrogens is 346 g/mol. The van der Waals surface area contributed by atoms with Gasteiger partial charge in [-0.15, -0.1) is 5.10 Å². The monoisotopic (exact) mass is 367 g/mol. The van der Waals surface area contributed by atoms with Gasteiger partial charge in [-0.05, 0) is 44.4 Å². The maximum atomic E-state index is 12.9. The lowest BCUT2D eigenvalue weighted by atomic mass is 10.00. The van der Waals surface area contributed by atoms with E-state index in [4.69, 9.17) is 0 Å². The fourth-order valence-electron chi connectivity index (χ4n) is 3.35. The second kappa shape index (κ2) is 6.72. The van der Waals surface area contributed by atoms with Crippen molar-refractivity contribution in [3.05, 3.63) is 52.8 Å². The van der Waals surface area contributed by atoms with Gasteiger partial charge in [0, 0.05) is 24.5 Å². The van der Waals surface area contributed by atoms with Crippen LogP contribution in [0.5, 0.6) is 0 Å². The number of hydrogen-bond acceptors (Lipinski definition) is 5. The van der Waals surface area contributed by atoms with Crippen LogP contribution in [-0.4, -0.2) is 42.2 Å². The summed E-state index contributed by atoms with van der Waals surface area (Å²) < 4.78 is 1.73. The lowest BCUT2D eigenvalue weighted by Gasteiger charge is -2.30. The van der Waals surface area contributed by atoms with Crippen LogP contribution in [0.25, 0.3) is 5.78 Å². The molecule has 0 saturated heterocycles. The van der Waals surface area contributed by atoms with Crippen LogP contribution in [0.15, 0.2) is 35.5 Å². The molecule has 1 atom stereocenters. The van der Waals surface area contributed by atoms with Crippen molar-refractivity contribution in [2.45, 2.75) is 44.1 Å². The Bertz CT molecular complexity index is 983. The zero-order chi connectivity index (χ0) is 18.3. The van der Waals surface area contributed by atoms with E-state index in [9.17, 15) is 4.79 Å². The van der Waals surface area contributed by atoms with E-state index in [2.05, 4.69) is 33.3 Å². The van der Waals surface area contributed by atoms with Gasteiger partial charge in [-0.25, -0.2) is 9.50 Å². The Morgan fingerprint density at radius 3 is 2.77 bits per heavy atom. The van der Waals surface area contributed by atoms with E-state index in [1.54, 1.807) is 4.52 Å². The van der Waals surface area contributed by atoms with Crippen LogP contribution < -0.4 is 0 Å². The molecule has 0 saturated carbocycles. The molecule has 0 bridgehead atoms. The molecule has 26 heavy (non-hydrogen) atoms. The summed E-state index contributed by atoms with van der Waals surface area (Å²) in [4.78, 5) is 23.7. The summed E-state index contributed by atoms with van der Waals surface area (Å²) in [6.07, 6.45) is 0.911. The number of benzene rings is 1. The standard InChI is InChI=1S/C19H21N5OS/c1-12-10-13(2)24-18(20-12)21-19(22-24)26-14(3)17(25)23-9-8-15-6-4-5-7-16(15)11-23/h4-7,10,14H,8-9,11H2,1-3H3/t14-/m0/s1. The predicted molar refractivity (Wildman–Crippen MR) is 101 cm³/mol. The second-order valence-electron chi connectivity index (χ2n) is 6.68. The molecule has 4 rings (SSSR count). The predicted octanol–water partition coefficient (Wildman–Crippen LogP) is 2.81. The zero-order valence-corrected chi connectivity index (χ0v) is 16.0. The molecule has 0 spiro atoms. The fraction of sp³-hybridized carbons (Fsp3) is 0.368. The lowest BCUT2D eigenvalue weighted by molar-refractivity contribution is -0.131. The molecule has 1 amide bonds. The van der Waals surface area contributed by atoms with Gasteiger partial charge in [0.2, 0.25) is 11.1 Å². The highest BCUT2D eigenvalue weighted by Gasteiger charge is 2.26. The third-order valence-corrected chi connectivity index (χ3v) is 5.61. The SMILES string of the molecule is Cc1cc(C)n2nc(S[C@@H](C)C(=O)N3CCc4ccccc4C3)nc2n1. The minimum absolute atomic E-state index is 0.129. The maximum Gasteiger partial charge on any atom is 0.253 e. The zero-order valence-electron chi connectivity index (χ0n) is 15.1. The van der Waals surface area contributed by atoms with Crippen LogP contribution in [-0.2, 0) is 17.8 Å². The third-order valence-electron chi connectivity index (χ3n) is 4.67. The number of fused-ring (bicyclic) bond motifs is 2. The molecule has 1 aromatic carbocycles. The number of aromatic nitrogens is 4. The number of thioether (sulfide) groups is 1. The van der Waals surface area contributed by atoms with Gasteiger partial charge >= 0.3 is 0 Å². The Hall–Kier alpha value is -2.41. The Balaban J connectivity index is 1.49. The minimum atomic E-state index is -0.237. The van der Waals surface area contributed by atoms with Gasteiger partial charge < -0.3 is 4.90 Å². The summed E-state index contributed by atoms with van der Waals surface area (Å²) in [5.41, 5.74) is 4.48. The number of carbonyl (C=O) groups excluding carboxylic acids is 1. The van der Waals surface area contributed by atoms with E-state index >= 15 is 0 Å². The molecule has 2 aromatic heterocycles. The van der Waals surface area contributed by atoms with E-state index in [1.807, 2.05) is 37.8 Å².